The quantitative estimate of drug-likeness (QED) is 0.585. The molecule has 2 aromatic carbocycles. The number of benzene rings is 2. The van der Waals surface area contributed by atoms with Crippen LogP contribution in [0.3, 0.4) is 0 Å². The van der Waals surface area contributed by atoms with Gasteiger partial charge in [0.15, 0.2) is 5.76 Å². The maximum Gasteiger partial charge on any atom is 0.306 e. The maximum absolute atomic E-state index is 12.5. The van der Waals surface area contributed by atoms with E-state index < -0.39 is 10.1 Å². The van der Waals surface area contributed by atoms with Gasteiger partial charge in [-0.3, -0.25) is 4.79 Å². The monoisotopic (exact) mass is 376 g/mol. The summed E-state index contributed by atoms with van der Waals surface area (Å²) in [6.45, 7) is 0. The molecule has 26 heavy (non-hydrogen) atoms. The summed E-state index contributed by atoms with van der Waals surface area (Å²) in [5.74, 6) is 1.21. The minimum Gasteiger partial charge on any atom is -0.497 e. The molecule has 0 amide bonds. The molecule has 0 saturated carbocycles. The topological polar surface area (TPSA) is 88.1 Å². The summed E-state index contributed by atoms with van der Waals surface area (Å²) < 4.78 is 43.3. The zero-order valence-corrected chi connectivity index (χ0v) is 15.1. The molecule has 8 heteroatoms. The van der Waals surface area contributed by atoms with Crippen LogP contribution in [-0.2, 0) is 10.1 Å². The fourth-order valence-corrected chi connectivity index (χ4v) is 2.94. The van der Waals surface area contributed by atoms with Crippen LogP contribution < -0.4 is 18.4 Å². The molecule has 1 aliphatic heterocycles. The van der Waals surface area contributed by atoms with Crippen LogP contribution in [0.4, 0.5) is 0 Å². The van der Waals surface area contributed by atoms with Crippen LogP contribution in [-0.4, -0.2) is 34.7 Å². The summed E-state index contributed by atoms with van der Waals surface area (Å²) in [6, 6.07) is 9.39. The van der Waals surface area contributed by atoms with Gasteiger partial charge in [0.05, 0.1) is 26.0 Å². The van der Waals surface area contributed by atoms with Crippen molar-refractivity contribution in [2.24, 2.45) is 0 Å². The zero-order valence-electron chi connectivity index (χ0n) is 14.3. The van der Waals surface area contributed by atoms with E-state index in [1.165, 1.54) is 32.4 Å². The summed E-state index contributed by atoms with van der Waals surface area (Å²) in [4.78, 5) is 12.5. The maximum atomic E-state index is 12.5. The van der Waals surface area contributed by atoms with Crippen molar-refractivity contribution in [2.75, 3.05) is 20.5 Å². The van der Waals surface area contributed by atoms with Gasteiger partial charge in [0.2, 0.25) is 5.78 Å². The Hall–Kier alpha value is -3.00. The molecule has 0 atom stereocenters. The Morgan fingerprint density at radius 3 is 2.38 bits per heavy atom. The number of carbonyl (C=O) groups is 1. The van der Waals surface area contributed by atoms with Crippen LogP contribution in [0.25, 0.3) is 6.08 Å². The number of Topliss-reactive ketones (excluding diaryl/α,β-unsaturated/α-hetero) is 1. The number of allylic oxidation sites excluding steroid dienone is 1. The highest BCUT2D eigenvalue weighted by atomic mass is 32.2. The van der Waals surface area contributed by atoms with Crippen molar-refractivity contribution in [3.05, 3.63) is 53.3 Å². The standard InChI is InChI=1S/C18H16O7S/c1-22-12-5-7-15(23-2)11(8-12)9-17-18(19)14-6-4-13(10-16(14)24-17)25-26(3,20)21/h4-10H,1-3H3/b17-9-. The molecule has 0 bridgehead atoms. The molecular formula is C18H16O7S. The first-order valence-electron chi connectivity index (χ1n) is 7.50. The number of carbonyl (C=O) groups excluding carboxylic acids is 1. The van der Waals surface area contributed by atoms with Gasteiger partial charge < -0.3 is 18.4 Å². The van der Waals surface area contributed by atoms with E-state index in [2.05, 4.69) is 0 Å². The molecule has 1 aliphatic rings. The van der Waals surface area contributed by atoms with E-state index in [1.54, 1.807) is 24.3 Å². The molecule has 2 aromatic rings. The summed E-state index contributed by atoms with van der Waals surface area (Å²) in [5.41, 5.74) is 0.926. The number of ether oxygens (including phenoxy) is 3. The smallest absolute Gasteiger partial charge is 0.306 e. The molecule has 136 valence electrons. The highest BCUT2D eigenvalue weighted by Crippen LogP contribution is 2.36. The molecule has 1 heterocycles. The number of methoxy groups -OCH3 is 2. The Morgan fingerprint density at radius 2 is 1.73 bits per heavy atom. The molecule has 0 aliphatic carbocycles. The van der Waals surface area contributed by atoms with E-state index >= 15 is 0 Å². The lowest BCUT2D eigenvalue weighted by Crippen LogP contribution is -2.05. The molecule has 0 spiro atoms. The second kappa shape index (κ2) is 6.72. The highest BCUT2D eigenvalue weighted by Gasteiger charge is 2.28. The number of ketones is 1. The van der Waals surface area contributed by atoms with Gasteiger partial charge in [0, 0.05) is 11.6 Å². The van der Waals surface area contributed by atoms with Gasteiger partial charge in [-0.05, 0) is 36.4 Å². The molecule has 0 saturated heterocycles. The average molecular weight is 376 g/mol. The highest BCUT2D eigenvalue weighted by molar-refractivity contribution is 7.86. The largest absolute Gasteiger partial charge is 0.497 e. The van der Waals surface area contributed by atoms with Crippen LogP contribution in [0.1, 0.15) is 15.9 Å². The van der Waals surface area contributed by atoms with E-state index in [0.717, 1.165) is 6.26 Å². The molecule has 0 N–H and O–H groups in total. The summed E-state index contributed by atoms with van der Waals surface area (Å²) in [7, 11) is -0.617. The van der Waals surface area contributed by atoms with Crippen molar-refractivity contribution in [3.8, 4) is 23.0 Å². The zero-order chi connectivity index (χ0) is 18.9. The second-order valence-corrected chi connectivity index (χ2v) is 7.07. The van der Waals surface area contributed by atoms with Crippen LogP contribution in [0, 0.1) is 0 Å². The number of rotatable bonds is 5. The first kappa shape index (κ1) is 17.8. The molecule has 0 fully saturated rings. The number of hydrogen-bond donors (Lipinski definition) is 0. The molecule has 0 radical (unpaired) electrons. The van der Waals surface area contributed by atoms with E-state index in [0.29, 0.717) is 22.6 Å². The Bertz CT molecular complexity index is 1010. The first-order chi connectivity index (χ1) is 12.3. The summed E-state index contributed by atoms with van der Waals surface area (Å²) >= 11 is 0. The minimum atomic E-state index is -3.67. The van der Waals surface area contributed by atoms with E-state index in [1.807, 2.05) is 0 Å². The SMILES string of the molecule is COc1ccc(OC)c(/C=C2\Oc3cc(OS(C)(=O)=O)ccc3C2=O)c1. The van der Waals surface area contributed by atoms with Gasteiger partial charge in [-0.25, -0.2) is 0 Å². The van der Waals surface area contributed by atoms with Gasteiger partial charge in [0.1, 0.15) is 23.0 Å². The third-order valence-electron chi connectivity index (χ3n) is 3.61. The van der Waals surface area contributed by atoms with Crippen LogP contribution in [0.15, 0.2) is 42.2 Å². The fourth-order valence-electron chi connectivity index (χ4n) is 2.49. The second-order valence-electron chi connectivity index (χ2n) is 5.49. The van der Waals surface area contributed by atoms with Crippen molar-refractivity contribution in [2.45, 2.75) is 0 Å². The van der Waals surface area contributed by atoms with E-state index in [9.17, 15) is 13.2 Å². The van der Waals surface area contributed by atoms with Gasteiger partial charge in [-0.15, -0.1) is 0 Å². The molecule has 3 rings (SSSR count). The molecule has 7 nitrogen and oxygen atoms in total. The summed E-state index contributed by atoms with van der Waals surface area (Å²) in [6.07, 6.45) is 2.48. The van der Waals surface area contributed by atoms with Gasteiger partial charge >= 0.3 is 10.1 Å². The Labute approximate surface area is 150 Å². The number of fused-ring (bicyclic) bond motifs is 1. The third-order valence-corrected chi connectivity index (χ3v) is 4.11. The van der Waals surface area contributed by atoms with Crippen LogP contribution >= 0.6 is 0 Å². The third kappa shape index (κ3) is 3.65. The van der Waals surface area contributed by atoms with Crippen LogP contribution in [0.5, 0.6) is 23.0 Å². The van der Waals surface area contributed by atoms with Crippen molar-refractivity contribution < 1.29 is 31.6 Å². The predicted molar refractivity (Wildman–Crippen MR) is 94.4 cm³/mol. The number of hydrogen-bond acceptors (Lipinski definition) is 7. The molecule has 0 unspecified atom stereocenters. The molecule has 0 aromatic heterocycles. The summed E-state index contributed by atoms with van der Waals surface area (Å²) in [5, 5.41) is 0. The molecular weight excluding hydrogens is 360 g/mol. The van der Waals surface area contributed by atoms with Crippen molar-refractivity contribution in [1.82, 2.24) is 0 Å². The lowest BCUT2D eigenvalue weighted by Gasteiger charge is -2.08. The van der Waals surface area contributed by atoms with Crippen molar-refractivity contribution in [3.63, 3.8) is 0 Å². The van der Waals surface area contributed by atoms with Crippen LogP contribution in [0.2, 0.25) is 0 Å². The average Bonchev–Trinajstić information content (AvgIpc) is 2.88. The Balaban J connectivity index is 1.96. The lowest BCUT2D eigenvalue weighted by molar-refractivity contribution is 0.101. The first-order valence-corrected chi connectivity index (χ1v) is 9.32. The van der Waals surface area contributed by atoms with Gasteiger partial charge in [0.25, 0.3) is 0 Å². The van der Waals surface area contributed by atoms with Crippen molar-refractivity contribution in [1.29, 1.82) is 0 Å². The Kier molecular flexibility index (Phi) is 4.60. The fraction of sp³-hybridized carbons (Fsp3) is 0.167. The minimum absolute atomic E-state index is 0.0688. The van der Waals surface area contributed by atoms with Gasteiger partial charge in [-0.2, -0.15) is 8.42 Å². The van der Waals surface area contributed by atoms with E-state index in [-0.39, 0.29) is 23.0 Å². The normalized spacial score (nSPS) is 14.7. The van der Waals surface area contributed by atoms with Gasteiger partial charge in [-0.1, -0.05) is 0 Å². The Morgan fingerprint density at radius 1 is 1.00 bits per heavy atom. The van der Waals surface area contributed by atoms with Crippen molar-refractivity contribution >= 4 is 22.0 Å². The van der Waals surface area contributed by atoms with E-state index in [4.69, 9.17) is 18.4 Å². The predicted octanol–water partition coefficient (Wildman–Crippen LogP) is 2.66. The lowest BCUT2D eigenvalue weighted by atomic mass is 10.1.